The third kappa shape index (κ3) is 2.66. The van der Waals surface area contributed by atoms with Crippen molar-refractivity contribution in [2.75, 3.05) is 30.3 Å². The molecule has 5 heteroatoms. The van der Waals surface area contributed by atoms with Crippen molar-refractivity contribution in [3.63, 3.8) is 0 Å². The standard InChI is InChI=1S/C14H23N5/c1-3-15-14-16-10(2)9-13(18-14)17-11-6-8-19-7-4-5-12(11)19/h9,11-12H,3-8H2,1-2H3,(H2,15,16,17,18). The van der Waals surface area contributed by atoms with Crippen LogP contribution in [0.3, 0.4) is 0 Å². The van der Waals surface area contributed by atoms with E-state index in [0.717, 1.165) is 24.0 Å². The third-order valence-corrected chi connectivity index (χ3v) is 4.13. The number of aromatic nitrogens is 2. The highest BCUT2D eigenvalue weighted by Gasteiger charge is 2.37. The number of fused-ring (bicyclic) bond motifs is 1. The summed E-state index contributed by atoms with van der Waals surface area (Å²) < 4.78 is 0. The Hall–Kier alpha value is -1.36. The van der Waals surface area contributed by atoms with Crippen LogP contribution in [0.4, 0.5) is 11.8 Å². The van der Waals surface area contributed by atoms with Crippen LogP contribution in [0, 0.1) is 6.92 Å². The van der Waals surface area contributed by atoms with E-state index in [4.69, 9.17) is 0 Å². The van der Waals surface area contributed by atoms with Gasteiger partial charge in [0.05, 0.1) is 0 Å². The van der Waals surface area contributed by atoms with Gasteiger partial charge in [-0.2, -0.15) is 4.98 Å². The average Bonchev–Trinajstić information content (AvgIpc) is 2.94. The van der Waals surface area contributed by atoms with Gasteiger partial charge in [0.15, 0.2) is 0 Å². The Kier molecular flexibility index (Phi) is 3.55. The Bertz CT molecular complexity index is 447. The van der Waals surface area contributed by atoms with E-state index in [0.29, 0.717) is 12.1 Å². The second-order valence-electron chi connectivity index (χ2n) is 5.53. The molecule has 0 aliphatic carbocycles. The van der Waals surface area contributed by atoms with Crippen molar-refractivity contribution < 1.29 is 0 Å². The number of hydrogen-bond acceptors (Lipinski definition) is 5. The number of aryl methyl sites for hydroxylation is 1. The van der Waals surface area contributed by atoms with Crippen molar-refractivity contribution in [1.82, 2.24) is 14.9 Å². The lowest BCUT2D eigenvalue weighted by atomic mass is 10.1. The minimum Gasteiger partial charge on any atom is -0.366 e. The van der Waals surface area contributed by atoms with Gasteiger partial charge in [0, 0.05) is 36.9 Å². The predicted octanol–water partition coefficient (Wildman–Crippen LogP) is 1.87. The highest BCUT2D eigenvalue weighted by molar-refractivity contribution is 5.43. The lowest BCUT2D eigenvalue weighted by Crippen LogP contribution is -2.34. The number of nitrogens with one attached hydrogen (secondary N) is 2. The molecule has 1 aromatic heterocycles. The lowest BCUT2D eigenvalue weighted by molar-refractivity contribution is 0.318. The fourth-order valence-electron chi connectivity index (χ4n) is 3.32. The summed E-state index contributed by atoms with van der Waals surface area (Å²) in [6.07, 6.45) is 3.89. The molecule has 2 saturated heterocycles. The van der Waals surface area contributed by atoms with Crippen molar-refractivity contribution >= 4 is 11.8 Å². The molecule has 0 radical (unpaired) electrons. The first-order chi connectivity index (χ1) is 9.26. The van der Waals surface area contributed by atoms with Crippen LogP contribution in [0.5, 0.6) is 0 Å². The summed E-state index contributed by atoms with van der Waals surface area (Å²) in [6.45, 7) is 7.43. The van der Waals surface area contributed by atoms with Crippen LogP contribution in [0.1, 0.15) is 31.9 Å². The lowest BCUT2D eigenvalue weighted by Gasteiger charge is -2.22. The summed E-state index contributed by atoms with van der Waals surface area (Å²) in [5.41, 5.74) is 1.01. The molecule has 0 bridgehead atoms. The Morgan fingerprint density at radius 2 is 2.21 bits per heavy atom. The molecule has 3 rings (SSSR count). The first-order valence-corrected chi connectivity index (χ1v) is 7.36. The van der Waals surface area contributed by atoms with Crippen molar-refractivity contribution in [2.45, 2.75) is 45.2 Å². The van der Waals surface area contributed by atoms with Gasteiger partial charge in [-0.3, -0.25) is 4.90 Å². The van der Waals surface area contributed by atoms with E-state index in [1.165, 1.54) is 32.4 Å². The number of anilines is 2. The number of rotatable bonds is 4. The van der Waals surface area contributed by atoms with E-state index < -0.39 is 0 Å². The van der Waals surface area contributed by atoms with E-state index in [2.05, 4.69) is 32.4 Å². The van der Waals surface area contributed by atoms with Gasteiger partial charge in [-0.15, -0.1) is 0 Å². The van der Waals surface area contributed by atoms with Gasteiger partial charge in [0.1, 0.15) is 5.82 Å². The summed E-state index contributed by atoms with van der Waals surface area (Å²) in [5, 5.41) is 6.81. The number of nitrogens with zero attached hydrogens (tertiary/aromatic N) is 3. The van der Waals surface area contributed by atoms with Crippen molar-refractivity contribution in [3.05, 3.63) is 11.8 Å². The fourth-order valence-corrected chi connectivity index (χ4v) is 3.32. The maximum Gasteiger partial charge on any atom is 0.224 e. The highest BCUT2D eigenvalue weighted by atomic mass is 15.3. The maximum absolute atomic E-state index is 4.55. The van der Waals surface area contributed by atoms with Gasteiger partial charge in [0.2, 0.25) is 5.95 Å². The molecule has 3 heterocycles. The second kappa shape index (κ2) is 5.33. The van der Waals surface area contributed by atoms with Crippen molar-refractivity contribution in [3.8, 4) is 0 Å². The van der Waals surface area contributed by atoms with E-state index in [9.17, 15) is 0 Å². The van der Waals surface area contributed by atoms with Crippen LogP contribution >= 0.6 is 0 Å². The van der Waals surface area contributed by atoms with Gasteiger partial charge in [-0.1, -0.05) is 0 Å². The smallest absolute Gasteiger partial charge is 0.224 e. The van der Waals surface area contributed by atoms with E-state index in [1.807, 2.05) is 13.0 Å². The summed E-state index contributed by atoms with van der Waals surface area (Å²) in [6, 6.07) is 3.29. The minimum absolute atomic E-state index is 0.547. The summed E-state index contributed by atoms with van der Waals surface area (Å²) in [7, 11) is 0. The van der Waals surface area contributed by atoms with E-state index in [1.54, 1.807) is 0 Å². The maximum atomic E-state index is 4.55. The predicted molar refractivity (Wildman–Crippen MR) is 77.6 cm³/mol. The summed E-state index contributed by atoms with van der Waals surface area (Å²) in [5.74, 6) is 1.69. The zero-order valence-electron chi connectivity index (χ0n) is 11.8. The van der Waals surface area contributed by atoms with Crippen molar-refractivity contribution in [1.29, 1.82) is 0 Å². The largest absolute Gasteiger partial charge is 0.366 e. The first-order valence-electron chi connectivity index (χ1n) is 7.36. The van der Waals surface area contributed by atoms with Crippen LogP contribution in [-0.4, -0.2) is 46.6 Å². The molecule has 2 fully saturated rings. The quantitative estimate of drug-likeness (QED) is 0.866. The Morgan fingerprint density at radius 3 is 3.05 bits per heavy atom. The van der Waals surface area contributed by atoms with Gasteiger partial charge in [-0.05, 0) is 39.7 Å². The molecule has 2 atom stereocenters. The molecule has 104 valence electrons. The zero-order chi connectivity index (χ0) is 13.2. The molecule has 2 unspecified atom stereocenters. The van der Waals surface area contributed by atoms with Crippen LogP contribution in [0.25, 0.3) is 0 Å². The third-order valence-electron chi connectivity index (χ3n) is 4.13. The SMILES string of the molecule is CCNc1nc(C)cc(NC2CCN3CCCC23)n1. The van der Waals surface area contributed by atoms with E-state index >= 15 is 0 Å². The Balaban J connectivity index is 1.72. The first kappa shape index (κ1) is 12.7. The second-order valence-corrected chi connectivity index (χ2v) is 5.53. The van der Waals surface area contributed by atoms with Crippen LogP contribution < -0.4 is 10.6 Å². The topological polar surface area (TPSA) is 53.1 Å². The molecule has 2 aliphatic rings. The van der Waals surface area contributed by atoms with Gasteiger partial charge < -0.3 is 10.6 Å². The summed E-state index contributed by atoms with van der Waals surface area (Å²) >= 11 is 0. The van der Waals surface area contributed by atoms with Crippen LogP contribution in [0.15, 0.2) is 6.07 Å². The van der Waals surface area contributed by atoms with Crippen LogP contribution in [0.2, 0.25) is 0 Å². The number of hydrogen-bond donors (Lipinski definition) is 2. The van der Waals surface area contributed by atoms with Crippen molar-refractivity contribution in [2.24, 2.45) is 0 Å². The van der Waals surface area contributed by atoms with E-state index in [-0.39, 0.29) is 0 Å². The summed E-state index contributed by atoms with van der Waals surface area (Å²) in [4.78, 5) is 11.5. The molecular formula is C14H23N5. The molecule has 2 N–H and O–H groups in total. The van der Waals surface area contributed by atoms with Gasteiger partial charge in [-0.25, -0.2) is 4.98 Å². The highest BCUT2D eigenvalue weighted by Crippen LogP contribution is 2.29. The minimum atomic E-state index is 0.547. The normalized spacial score (nSPS) is 26.4. The van der Waals surface area contributed by atoms with Gasteiger partial charge in [0.25, 0.3) is 0 Å². The Labute approximate surface area is 114 Å². The molecule has 5 nitrogen and oxygen atoms in total. The molecule has 19 heavy (non-hydrogen) atoms. The zero-order valence-corrected chi connectivity index (χ0v) is 11.8. The molecule has 0 amide bonds. The molecular weight excluding hydrogens is 238 g/mol. The molecule has 1 aromatic rings. The fraction of sp³-hybridized carbons (Fsp3) is 0.714. The monoisotopic (exact) mass is 261 g/mol. The molecule has 0 aromatic carbocycles. The van der Waals surface area contributed by atoms with Gasteiger partial charge >= 0.3 is 0 Å². The molecule has 0 saturated carbocycles. The Morgan fingerprint density at radius 1 is 1.32 bits per heavy atom. The average molecular weight is 261 g/mol. The molecule has 2 aliphatic heterocycles. The van der Waals surface area contributed by atoms with Crippen LogP contribution in [-0.2, 0) is 0 Å². The molecule has 0 spiro atoms.